The molecule has 1 amide bonds. The van der Waals surface area contributed by atoms with Crippen LogP contribution in [0, 0.1) is 11.3 Å². The molecule has 1 aromatic heterocycles. The van der Waals surface area contributed by atoms with Crippen LogP contribution in [0.2, 0.25) is 0 Å². The zero-order valence-corrected chi connectivity index (χ0v) is 12.4. The average Bonchev–Trinajstić information content (AvgIpc) is 2.95. The van der Waals surface area contributed by atoms with Crippen LogP contribution in [0.5, 0.6) is 11.5 Å². The second-order valence-electron chi connectivity index (χ2n) is 4.23. The Bertz CT molecular complexity index is 777. The summed E-state index contributed by atoms with van der Waals surface area (Å²) in [7, 11) is 0. The molecule has 0 unspecified atom stereocenters. The summed E-state index contributed by atoms with van der Waals surface area (Å²) < 4.78 is 0. The Morgan fingerprint density at radius 3 is 2.77 bits per heavy atom. The number of carbonyl (C=O) groups excluding carboxylic acids is 1. The van der Waals surface area contributed by atoms with Gasteiger partial charge in [0.1, 0.15) is 16.6 Å². The summed E-state index contributed by atoms with van der Waals surface area (Å²) in [5, 5.41) is 39.0. The van der Waals surface area contributed by atoms with Crippen molar-refractivity contribution in [2.75, 3.05) is 5.32 Å². The highest BCUT2D eigenvalue weighted by Crippen LogP contribution is 2.26. The first-order valence-electron chi connectivity index (χ1n) is 6.31. The molecule has 0 saturated heterocycles. The number of nitriles is 1. The molecule has 0 spiro atoms. The maximum atomic E-state index is 12.0. The number of carbonyl (C=O) groups is 1. The zero-order chi connectivity index (χ0) is 16.1. The van der Waals surface area contributed by atoms with Crippen LogP contribution in [0.4, 0.5) is 5.13 Å². The van der Waals surface area contributed by atoms with Gasteiger partial charge in [0, 0.05) is 0 Å². The molecule has 3 N–H and O–H groups in total. The molecule has 8 heteroatoms. The molecule has 0 aliphatic carbocycles. The number of phenolic OH excluding ortho intramolecular Hbond substituents is 2. The molecular formula is C14H12N4O3S. The average molecular weight is 316 g/mol. The van der Waals surface area contributed by atoms with Gasteiger partial charge in [-0.15, -0.1) is 10.2 Å². The Morgan fingerprint density at radius 1 is 1.41 bits per heavy atom. The molecule has 112 valence electrons. The van der Waals surface area contributed by atoms with Crippen molar-refractivity contribution >= 4 is 28.5 Å². The smallest absolute Gasteiger partial charge is 0.268 e. The molecule has 0 bridgehead atoms. The van der Waals surface area contributed by atoms with Gasteiger partial charge in [-0.3, -0.25) is 10.1 Å². The monoisotopic (exact) mass is 316 g/mol. The number of rotatable bonds is 4. The van der Waals surface area contributed by atoms with Crippen molar-refractivity contribution in [1.82, 2.24) is 10.2 Å². The molecule has 2 rings (SSSR count). The van der Waals surface area contributed by atoms with Gasteiger partial charge in [-0.2, -0.15) is 5.26 Å². The van der Waals surface area contributed by atoms with Crippen LogP contribution in [0.15, 0.2) is 23.8 Å². The standard InChI is InChI=1S/C14H12N4O3S/c1-2-12-17-18-14(22-12)16-13(21)9(7-15)5-8-3-4-10(19)11(20)6-8/h3-6,19-20H,2H2,1H3,(H,16,18,21)/b9-5-. The predicted octanol–water partition coefficient (Wildman–Crippen LogP) is 2.06. The molecule has 0 atom stereocenters. The first-order valence-corrected chi connectivity index (χ1v) is 7.12. The molecule has 1 aromatic carbocycles. The van der Waals surface area contributed by atoms with Crippen LogP contribution in [0.1, 0.15) is 17.5 Å². The van der Waals surface area contributed by atoms with Crippen LogP contribution in [0.3, 0.4) is 0 Å². The minimum absolute atomic E-state index is 0.154. The maximum Gasteiger partial charge on any atom is 0.268 e. The summed E-state index contributed by atoms with van der Waals surface area (Å²) in [5.74, 6) is -1.22. The van der Waals surface area contributed by atoms with E-state index in [-0.39, 0.29) is 17.1 Å². The van der Waals surface area contributed by atoms with Crippen molar-refractivity contribution in [3.63, 3.8) is 0 Å². The van der Waals surface area contributed by atoms with Gasteiger partial charge < -0.3 is 10.2 Å². The topological polar surface area (TPSA) is 119 Å². The van der Waals surface area contributed by atoms with E-state index >= 15 is 0 Å². The third-order valence-electron chi connectivity index (χ3n) is 2.67. The minimum Gasteiger partial charge on any atom is -0.504 e. The summed E-state index contributed by atoms with van der Waals surface area (Å²) in [5.41, 5.74) is 0.256. The quantitative estimate of drug-likeness (QED) is 0.451. The highest BCUT2D eigenvalue weighted by Gasteiger charge is 2.12. The number of hydrogen-bond donors (Lipinski definition) is 3. The Kier molecular flexibility index (Phi) is 4.70. The molecule has 22 heavy (non-hydrogen) atoms. The fraction of sp³-hybridized carbons (Fsp3) is 0.143. The molecule has 2 aromatic rings. The number of nitrogens with one attached hydrogen (secondary N) is 1. The Labute approximate surface area is 130 Å². The highest BCUT2D eigenvalue weighted by atomic mass is 32.1. The van der Waals surface area contributed by atoms with Crippen LogP contribution >= 0.6 is 11.3 Å². The van der Waals surface area contributed by atoms with Gasteiger partial charge in [0.2, 0.25) is 5.13 Å². The Morgan fingerprint density at radius 2 is 2.18 bits per heavy atom. The molecule has 0 aliphatic rings. The summed E-state index contributed by atoms with van der Waals surface area (Å²) in [6.07, 6.45) is 2.01. The van der Waals surface area contributed by atoms with Gasteiger partial charge in [0.25, 0.3) is 5.91 Å². The van der Waals surface area contributed by atoms with Crippen LogP contribution in [-0.2, 0) is 11.2 Å². The maximum absolute atomic E-state index is 12.0. The van der Waals surface area contributed by atoms with E-state index in [0.717, 1.165) is 5.01 Å². The van der Waals surface area contributed by atoms with E-state index in [1.807, 2.05) is 6.92 Å². The molecule has 0 fully saturated rings. The lowest BCUT2D eigenvalue weighted by Crippen LogP contribution is -2.13. The van der Waals surface area contributed by atoms with E-state index in [2.05, 4.69) is 15.5 Å². The van der Waals surface area contributed by atoms with Crippen molar-refractivity contribution < 1.29 is 15.0 Å². The normalized spacial score (nSPS) is 11.0. The van der Waals surface area contributed by atoms with E-state index in [9.17, 15) is 15.0 Å². The van der Waals surface area contributed by atoms with Gasteiger partial charge >= 0.3 is 0 Å². The zero-order valence-electron chi connectivity index (χ0n) is 11.6. The minimum atomic E-state index is -0.617. The molecule has 0 radical (unpaired) electrons. The number of aromatic hydroxyl groups is 2. The van der Waals surface area contributed by atoms with Gasteiger partial charge in [-0.1, -0.05) is 24.3 Å². The molecule has 0 aliphatic heterocycles. The van der Waals surface area contributed by atoms with Crippen molar-refractivity contribution in [1.29, 1.82) is 5.26 Å². The van der Waals surface area contributed by atoms with Crippen LogP contribution in [-0.4, -0.2) is 26.3 Å². The summed E-state index contributed by atoms with van der Waals surface area (Å²) in [6, 6.07) is 5.78. The summed E-state index contributed by atoms with van der Waals surface area (Å²) in [4.78, 5) is 12.0. The predicted molar refractivity (Wildman–Crippen MR) is 81.3 cm³/mol. The third kappa shape index (κ3) is 3.59. The number of hydrogen-bond acceptors (Lipinski definition) is 7. The second kappa shape index (κ2) is 6.69. The number of phenols is 2. The third-order valence-corrected chi connectivity index (χ3v) is 3.65. The second-order valence-corrected chi connectivity index (χ2v) is 5.29. The van der Waals surface area contributed by atoms with Gasteiger partial charge in [0.15, 0.2) is 11.5 Å². The van der Waals surface area contributed by atoms with Crippen molar-refractivity contribution in [3.05, 3.63) is 34.3 Å². The molecule has 1 heterocycles. The Balaban J connectivity index is 2.19. The van der Waals surface area contributed by atoms with Gasteiger partial charge in [-0.05, 0) is 30.2 Å². The largest absolute Gasteiger partial charge is 0.504 e. The van der Waals surface area contributed by atoms with E-state index in [1.165, 1.54) is 35.6 Å². The number of aromatic nitrogens is 2. The van der Waals surface area contributed by atoms with Crippen LogP contribution in [0.25, 0.3) is 6.08 Å². The SMILES string of the molecule is CCc1nnc(NC(=O)/C(C#N)=C\c2ccc(O)c(O)c2)s1. The number of benzene rings is 1. The highest BCUT2D eigenvalue weighted by molar-refractivity contribution is 7.15. The molecule has 7 nitrogen and oxygen atoms in total. The first kappa shape index (κ1) is 15.5. The number of amides is 1. The van der Waals surface area contributed by atoms with Gasteiger partial charge in [0.05, 0.1) is 0 Å². The number of anilines is 1. The van der Waals surface area contributed by atoms with Gasteiger partial charge in [-0.25, -0.2) is 0 Å². The van der Waals surface area contributed by atoms with Crippen molar-refractivity contribution in [2.45, 2.75) is 13.3 Å². The summed E-state index contributed by atoms with van der Waals surface area (Å²) >= 11 is 1.24. The number of aryl methyl sites for hydroxylation is 1. The Hall–Kier alpha value is -2.92. The molecule has 0 saturated carbocycles. The fourth-order valence-corrected chi connectivity index (χ4v) is 2.23. The van der Waals surface area contributed by atoms with Crippen molar-refractivity contribution in [3.8, 4) is 17.6 Å². The molecular weight excluding hydrogens is 304 g/mol. The lowest BCUT2D eigenvalue weighted by molar-refractivity contribution is -0.112. The first-order chi connectivity index (χ1) is 10.5. The van der Waals surface area contributed by atoms with E-state index in [4.69, 9.17) is 5.26 Å². The van der Waals surface area contributed by atoms with E-state index < -0.39 is 5.91 Å². The van der Waals surface area contributed by atoms with Crippen LogP contribution < -0.4 is 5.32 Å². The summed E-state index contributed by atoms with van der Waals surface area (Å²) in [6.45, 7) is 1.92. The van der Waals surface area contributed by atoms with E-state index in [1.54, 1.807) is 6.07 Å². The number of nitrogens with zero attached hydrogens (tertiary/aromatic N) is 3. The van der Waals surface area contributed by atoms with E-state index in [0.29, 0.717) is 17.1 Å². The van der Waals surface area contributed by atoms with Crippen molar-refractivity contribution in [2.24, 2.45) is 0 Å². The lowest BCUT2D eigenvalue weighted by atomic mass is 10.1. The fourth-order valence-electron chi connectivity index (χ4n) is 1.56. The lowest BCUT2D eigenvalue weighted by Gasteiger charge is -2.01.